The lowest BCUT2D eigenvalue weighted by atomic mass is 9.91. The van der Waals surface area contributed by atoms with Crippen LogP contribution in [0.15, 0.2) is 6.07 Å². The number of pyridine rings is 1. The highest BCUT2D eigenvalue weighted by molar-refractivity contribution is 6.37. The molecule has 0 aliphatic heterocycles. The van der Waals surface area contributed by atoms with E-state index in [1.54, 1.807) is 13.1 Å². The maximum atomic E-state index is 10.1. The molecule has 1 saturated carbocycles. The van der Waals surface area contributed by atoms with Crippen LogP contribution in [0.3, 0.4) is 0 Å². The van der Waals surface area contributed by atoms with Crippen molar-refractivity contribution in [3.63, 3.8) is 0 Å². The van der Waals surface area contributed by atoms with E-state index in [1.807, 2.05) is 11.9 Å². The molecule has 1 aromatic heterocycles. The average molecular weight is 304 g/mol. The maximum Gasteiger partial charge on any atom is 0.150 e. The Bertz CT molecular complexity index is 456. The molecule has 0 spiro atoms. The number of hydrogen-bond donors (Lipinski definition) is 2. The van der Waals surface area contributed by atoms with Crippen LogP contribution in [0.4, 0.5) is 11.6 Å². The molecule has 0 bridgehead atoms. The number of nitrogens with one attached hydrogen (secondary N) is 1. The van der Waals surface area contributed by atoms with E-state index in [1.165, 1.54) is 0 Å². The molecule has 4 nitrogen and oxygen atoms in total. The largest absolute Gasteiger partial charge is 0.391 e. The van der Waals surface area contributed by atoms with Crippen LogP contribution in [0.2, 0.25) is 10.0 Å². The van der Waals surface area contributed by atoms with Crippen LogP contribution in [0, 0.1) is 0 Å². The third-order valence-electron chi connectivity index (χ3n) is 3.67. The molecule has 2 N–H and O–H groups in total. The molecule has 2 rings (SSSR count). The van der Waals surface area contributed by atoms with Gasteiger partial charge >= 0.3 is 0 Å². The van der Waals surface area contributed by atoms with E-state index < -0.39 is 0 Å². The summed E-state index contributed by atoms with van der Waals surface area (Å²) in [5.41, 5.74) is 0. The van der Waals surface area contributed by atoms with Gasteiger partial charge in [0.25, 0.3) is 0 Å². The molecule has 0 aromatic carbocycles. The van der Waals surface area contributed by atoms with E-state index in [2.05, 4.69) is 10.3 Å². The Morgan fingerprint density at radius 1 is 1.32 bits per heavy atom. The number of aliphatic hydroxyl groups excluding tert-OH is 1. The van der Waals surface area contributed by atoms with Crippen LogP contribution in [0.25, 0.3) is 0 Å². The average Bonchev–Trinajstić information content (AvgIpc) is 2.39. The summed E-state index contributed by atoms with van der Waals surface area (Å²) in [4.78, 5) is 6.40. The first-order valence-electron chi connectivity index (χ1n) is 6.49. The molecule has 6 heteroatoms. The number of nitrogens with zero attached hydrogens (tertiary/aromatic N) is 2. The highest BCUT2D eigenvalue weighted by Crippen LogP contribution is 2.34. The van der Waals surface area contributed by atoms with Gasteiger partial charge in [0.05, 0.1) is 22.2 Å². The van der Waals surface area contributed by atoms with Gasteiger partial charge in [-0.15, -0.1) is 0 Å². The van der Waals surface area contributed by atoms with Crippen LogP contribution in [0.5, 0.6) is 0 Å². The fraction of sp³-hybridized carbons (Fsp3) is 0.615. The number of rotatable bonds is 3. The Balaban J connectivity index is 2.29. The molecule has 0 amide bonds. The van der Waals surface area contributed by atoms with Crippen molar-refractivity contribution in [2.45, 2.75) is 37.8 Å². The van der Waals surface area contributed by atoms with E-state index >= 15 is 0 Å². The molecule has 1 fully saturated rings. The fourth-order valence-electron chi connectivity index (χ4n) is 2.58. The molecule has 106 valence electrons. The summed E-state index contributed by atoms with van der Waals surface area (Å²) in [6, 6.07) is 1.74. The topological polar surface area (TPSA) is 48.4 Å². The number of anilines is 2. The van der Waals surface area contributed by atoms with Crippen molar-refractivity contribution in [1.82, 2.24) is 4.98 Å². The van der Waals surface area contributed by atoms with Crippen molar-refractivity contribution in [3.8, 4) is 0 Å². The molecule has 1 aromatic rings. The van der Waals surface area contributed by atoms with Crippen LogP contribution >= 0.6 is 23.2 Å². The van der Waals surface area contributed by atoms with E-state index in [0.29, 0.717) is 21.7 Å². The summed E-state index contributed by atoms with van der Waals surface area (Å²) in [5, 5.41) is 14.1. The van der Waals surface area contributed by atoms with Gasteiger partial charge in [-0.25, -0.2) is 4.98 Å². The highest BCUT2D eigenvalue weighted by atomic mass is 35.5. The molecule has 0 radical (unpaired) electrons. The maximum absolute atomic E-state index is 10.1. The second-order valence-electron chi connectivity index (χ2n) is 4.90. The Morgan fingerprint density at radius 3 is 2.63 bits per heavy atom. The zero-order valence-electron chi connectivity index (χ0n) is 11.2. The van der Waals surface area contributed by atoms with E-state index in [0.717, 1.165) is 25.7 Å². The van der Waals surface area contributed by atoms with E-state index in [9.17, 15) is 5.11 Å². The third-order valence-corrected chi connectivity index (χ3v) is 4.24. The van der Waals surface area contributed by atoms with Crippen molar-refractivity contribution in [1.29, 1.82) is 0 Å². The highest BCUT2D eigenvalue weighted by Gasteiger charge is 2.28. The number of aliphatic hydroxyl groups is 1. The Kier molecular flexibility index (Phi) is 4.76. The van der Waals surface area contributed by atoms with Gasteiger partial charge in [0, 0.05) is 14.1 Å². The minimum atomic E-state index is -0.328. The predicted octanol–water partition coefficient (Wildman–Crippen LogP) is 3.17. The predicted molar refractivity (Wildman–Crippen MR) is 80.5 cm³/mol. The van der Waals surface area contributed by atoms with E-state index in [4.69, 9.17) is 23.2 Å². The second kappa shape index (κ2) is 6.16. The van der Waals surface area contributed by atoms with Crippen molar-refractivity contribution in [2.24, 2.45) is 0 Å². The Hall–Kier alpha value is -0.710. The molecule has 1 aliphatic carbocycles. The first-order chi connectivity index (χ1) is 9.04. The first-order valence-corrected chi connectivity index (χ1v) is 7.25. The number of likely N-dealkylation sites (N-methyl/N-ethyl adjacent to an activating group) is 1. The minimum absolute atomic E-state index is 0.0598. The van der Waals surface area contributed by atoms with Gasteiger partial charge in [0.15, 0.2) is 0 Å². The Labute approximate surface area is 123 Å². The van der Waals surface area contributed by atoms with Gasteiger partial charge in [-0.2, -0.15) is 0 Å². The number of aromatic nitrogens is 1. The zero-order valence-corrected chi connectivity index (χ0v) is 12.7. The lowest BCUT2D eigenvalue weighted by Gasteiger charge is -2.36. The summed E-state index contributed by atoms with van der Waals surface area (Å²) >= 11 is 12.3. The summed E-state index contributed by atoms with van der Waals surface area (Å²) < 4.78 is 0. The number of hydrogen-bond acceptors (Lipinski definition) is 4. The Morgan fingerprint density at radius 2 is 2.00 bits per heavy atom. The van der Waals surface area contributed by atoms with Gasteiger partial charge < -0.3 is 15.3 Å². The molecule has 1 heterocycles. The van der Waals surface area contributed by atoms with Crippen LogP contribution < -0.4 is 10.2 Å². The van der Waals surface area contributed by atoms with E-state index in [-0.39, 0.29) is 12.1 Å². The SMILES string of the molecule is CNc1nc(N(C)C2CCCCC2O)c(Cl)cc1Cl. The van der Waals surface area contributed by atoms with Crippen LogP contribution in [0.1, 0.15) is 25.7 Å². The van der Waals surface area contributed by atoms with Crippen molar-refractivity contribution < 1.29 is 5.11 Å². The molecular weight excluding hydrogens is 285 g/mol. The smallest absolute Gasteiger partial charge is 0.150 e. The molecule has 19 heavy (non-hydrogen) atoms. The van der Waals surface area contributed by atoms with Gasteiger partial charge in [-0.3, -0.25) is 0 Å². The van der Waals surface area contributed by atoms with Crippen LogP contribution in [-0.4, -0.2) is 36.3 Å². The van der Waals surface area contributed by atoms with Crippen molar-refractivity contribution in [3.05, 3.63) is 16.1 Å². The van der Waals surface area contributed by atoms with Gasteiger partial charge in [0.1, 0.15) is 11.6 Å². The molecule has 1 aliphatic rings. The third kappa shape index (κ3) is 3.07. The monoisotopic (exact) mass is 303 g/mol. The normalized spacial score (nSPS) is 23.2. The summed E-state index contributed by atoms with van der Waals surface area (Å²) in [6.07, 6.45) is 3.66. The lowest BCUT2D eigenvalue weighted by molar-refractivity contribution is 0.106. The summed E-state index contributed by atoms with van der Waals surface area (Å²) in [6.45, 7) is 0. The van der Waals surface area contributed by atoms with Gasteiger partial charge in [-0.1, -0.05) is 36.0 Å². The van der Waals surface area contributed by atoms with Crippen LogP contribution in [-0.2, 0) is 0 Å². The number of halogens is 2. The lowest BCUT2D eigenvalue weighted by Crippen LogP contribution is -2.44. The van der Waals surface area contributed by atoms with Gasteiger partial charge in [-0.05, 0) is 18.9 Å². The first kappa shape index (κ1) is 14.7. The zero-order chi connectivity index (χ0) is 14.0. The van der Waals surface area contributed by atoms with Gasteiger partial charge in [0.2, 0.25) is 0 Å². The molecular formula is C13H19Cl2N3O. The summed E-state index contributed by atoms with van der Waals surface area (Å²) in [7, 11) is 3.68. The minimum Gasteiger partial charge on any atom is -0.391 e. The molecule has 2 atom stereocenters. The fourth-order valence-corrected chi connectivity index (χ4v) is 3.17. The second-order valence-corrected chi connectivity index (χ2v) is 5.72. The quantitative estimate of drug-likeness (QED) is 0.900. The van der Waals surface area contributed by atoms with Crippen molar-refractivity contribution in [2.75, 3.05) is 24.3 Å². The standard InChI is InChI=1S/C13H19Cl2N3O/c1-16-12-8(14)7-9(15)13(17-12)18(2)10-5-3-4-6-11(10)19/h7,10-11,19H,3-6H2,1-2H3,(H,16,17). The molecule has 2 unspecified atom stereocenters. The summed E-state index contributed by atoms with van der Waals surface area (Å²) in [5.74, 6) is 1.25. The van der Waals surface area contributed by atoms with Crippen molar-refractivity contribution >= 4 is 34.8 Å². The molecule has 0 saturated heterocycles.